The number of fused-ring (bicyclic) bond motifs is 5. The minimum absolute atomic E-state index is 0.0880. The van der Waals surface area contributed by atoms with Crippen LogP contribution in [-0.4, -0.2) is 38.1 Å². The number of hydrogen-bond donors (Lipinski definition) is 1. The van der Waals surface area contributed by atoms with Gasteiger partial charge in [-0.15, -0.1) is 0 Å². The Hall–Kier alpha value is -1.98. The van der Waals surface area contributed by atoms with E-state index in [4.69, 9.17) is 18.9 Å². The van der Waals surface area contributed by atoms with Gasteiger partial charge in [0.25, 0.3) is 0 Å². The highest BCUT2D eigenvalue weighted by Gasteiger charge is 2.45. The molecule has 1 fully saturated rings. The molecule has 5 nitrogen and oxygen atoms in total. The van der Waals surface area contributed by atoms with E-state index >= 15 is 0 Å². The summed E-state index contributed by atoms with van der Waals surface area (Å²) >= 11 is 0. The summed E-state index contributed by atoms with van der Waals surface area (Å²) in [5.41, 5.74) is 2.08. The van der Waals surface area contributed by atoms with Gasteiger partial charge in [0.05, 0.1) is 12.5 Å². The maximum absolute atomic E-state index is 9.59. The van der Waals surface area contributed by atoms with Crippen molar-refractivity contribution in [2.75, 3.05) is 20.8 Å². The second-order valence-electron chi connectivity index (χ2n) is 5.73. The van der Waals surface area contributed by atoms with Gasteiger partial charge >= 0.3 is 0 Å². The molecule has 0 bridgehead atoms. The van der Waals surface area contributed by atoms with E-state index in [0.717, 1.165) is 16.9 Å². The number of phenolic OH excluding ortho intramolecular Hbond substituents is 1. The van der Waals surface area contributed by atoms with Gasteiger partial charge in [-0.2, -0.15) is 0 Å². The maximum atomic E-state index is 9.59. The van der Waals surface area contributed by atoms with E-state index < -0.39 is 0 Å². The van der Waals surface area contributed by atoms with Gasteiger partial charge in [0.1, 0.15) is 35.6 Å². The fourth-order valence-electron chi connectivity index (χ4n) is 3.41. The van der Waals surface area contributed by atoms with Gasteiger partial charge in [-0.3, -0.25) is 0 Å². The Morgan fingerprint density at radius 2 is 1.91 bits per heavy atom. The number of hydrogen-bond acceptors (Lipinski definition) is 5. The molecule has 2 heterocycles. The molecule has 1 aromatic carbocycles. The largest absolute Gasteiger partial charge is 0.508 e. The van der Waals surface area contributed by atoms with Crippen molar-refractivity contribution in [2.24, 2.45) is 5.92 Å². The zero-order valence-corrected chi connectivity index (χ0v) is 12.5. The Morgan fingerprint density at radius 3 is 2.68 bits per heavy atom. The van der Waals surface area contributed by atoms with E-state index in [2.05, 4.69) is 6.08 Å². The highest BCUT2D eigenvalue weighted by atomic mass is 16.5. The number of allylic oxidation sites excluding steroid dienone is 1. The van der Waals surface area contributed by atoms with Crippen LogP contribution in [-0.2, 0) is 14.2 Å². The third-order valence-corrected chi connectivity index (χ3v) is 4.55. The van der Waals surface area contributed by atoms with Gasteiger partial charge in [0.2, 0.25) is 0 Å². The molecule has 4 atom stereocenters. The van der Waals surface area contributed by atoms with Crippen molar-refractivity contribution in [1.29, 1.82) is 0 Å². The third-order valence-electron chi connectivity index (χ3n) is 4.55. The number of methoxy groups -OCH3 is 2. The Labute approximate surface area is 128 Å². The van der Waals surface area contributed by atoms with Gasteiger partial charge in [-0.1, -0.05) is 0 Å². The molecule has 0 amide bonds. The van der Waals surface area contributed by atoms with Crippen LogP contribution in [0.2, 0.25) is 0 Å². The van der Waals surface area contributed by atoms with Gasteiger partial charge < -0.3 is 24.1 Å². The van der Waals surface area contributed by atoms with E-state index in [1.807, 2.05) is 12.1 Å². The first-order valence-electron chi connectivity index (χ1n) is 7.33. The lowest BCUT2D eigenvalue weighted by Crippen LogP contribution is -2.31. The van der Waals surface area contributed by atoms with Crippen LogP contribution in [0.15, 0.2) is 41.7 Å². The molecule has 0 spiro atoms. The summed E-state index contributed by atoms with van der Waals surface area (Å²) in [7, 11) is 3.34. The van der Waals surface area contributed by atoms with Crippen LogP contribution in [0.25, 0.3) is 0 Å². The Kier molecular flexibility index (Phi) is 3.13. The van der Waals surface area contributed by atoms with Gasteiger partial charge in [0, 0.05) is 31.4 Å². The first-order chi connectivity index (χ1) is 10.7. The molecular formula is C17H18O5. The minimum Gasteiger partial charge on any atom is -0.508 e. The second kappa shape index (κ2) is 5.04. The van der Waals surface area contributed by atoms with Gasteiger partial charge in [-0.05, 0) is 24.3 Å². The summed E-state index contributed by atoms with van der Waals surface area (Å²) < 4.78 is 22.9. The van der Waals surface area contributed by atoms with Crippen LogP contribution in [0.3, 0.4) is 0 Å². The molecule has 1 saturated heterocycles. The molecule has 1 N–H and O–H groups in total. The SMILES string of the molecule is CO[C@H]1C=C2C(=C[C@H]1OC)O[C@H]1c3ccc(O)cc3OC[C@@H]21. The van der Waals surface area contributed by atoms with Crippen LogP contribution in [0, 0.1) is 5.92 Å². The lowest BCUT2D eigenvalue weighted by molar-refractivity contribution is 0.0102. The Balaban J connectivity index is 1.73. The third kappa shape index (κ3) is 1.93. The van der Waals surface area contributed by atoms with Crippen molar-refractivity contribution in [2.45, 2.75) is 18.3 Å². The van der Waals surface area contributed by atoms with Crippen molar-refractivity contribution in [3.05, 3.63) is 47.2 Å². The summed E-state index contributed by atoms with van der Waals surface area (Å²) in [4.78, 5) is 0. The molecule has 2 aliphatic heterocycles. The van der Waals surface area contributed by atoms with Crippen LogP contribution in [0.1, 0.15) is 11.7 Å². The molecule has 1 aliphatic carbocycles. The van der Waals surface area contributed by atoms with E-state index in [9.17, 15) is 5.11 Å². The van der Waals surface area contributed by atoms with E-state index in [1.165, 1.54) is 0 Å². The van der Waals surface area contributed by atoms with E-state index in [-0.39, 0.29) is 30.0 Å². The molecule has 1 aromatic rings. The number of ether oxygens (including phenoxy) is 4. The number of rotatable bonds is 2. The summed E-state index contributed by atoms with van der Waals surface area (Å²) in [6, 6.07) is 5.16. The first-order valence-corrected chi connectivity index (χ1v) is 7.33. The highest BCUT2D eigenvalue weighted by molar-refractivity contribution is 5.49. The molecule has 22 heavy (non-hydrogen) atoms. The Bertz CT molecular complexity index is 663. The predicted molar refractivity (Wildman–Crippen MR) is 78.7 cm³/mol. The molecule has 5 heteroatoms. The van der Waals surface area contributed by atoms with Crippen LogP contribution in [0.5, 0.6) is 11.5 Å². The highest BCUT2D eigenvalue weighted by Crippen LogP contribution is 2.51. The smallest absolute Gasteiger partial charge is 0.138 e. The van der Waals surface area contributed by atoms with Gasteiger partial charge in [-0.25, -0.2) is 0 Å². The predicted octanol–water partition coefficient (Wildman–Crippen LogP) is 2.33. The summed E-state index contributed by atoms with van der Waals surface area (Å²) in [6.45, 7) is 0.526. The van der Waals surface area contributed by atoms with Crippen LogP contribution >= 0.6 is 0 Å². The van der Waals surface area contributed by atoms with E-state index in [1.54, 1.807) is 26.4 Å². The zero-order valence-electron chi connectivity index (χ0n) is 12.5. The second-order valence-corrected chi connectivity index (χ2v) is 5.73. The fraction of sp³-hybridized carbons (Fsp3) is 0.412. The van der Waals surface area contributed by atoms with Crippen molar-refractivity contribution in [3.63, 3.8) is 0 Å². The molecule has 0 saturated carbocycles. The minimum atomic E-state index is -0.149. The molecule has 0 unspecified atom stereocenters. The van der Waals surface area contributed by atoms with Gasteiger partial charge in [0.15, 0.2) is 0 Å². The van der Waals surface area contributed by atoms with Crippen molar-refractivity contribution >= 4 is 0 Å². The lowest BCUT2D eigenvalue weighted by Gasteiger charge is -2.28. The van der Waals surface area contributed by atoms with E-state index in [0.29, 0.717) is 12.4 Å². The molecule has 3 aliphatic rings. The monoisotopic (exact) mass is 302 g/mol. The van der Waals surface area contributed by atoms with Crippen LogP contribution < -0.4 is 4.74 Å². The van der Waals surface area contributed by atoms with Crippen molar-refractivity contribution < 1.29 is 24.1 Å². The lowest BCUT2D eigenvalue weighted by atomic mass is 9.86. The average Bonchev–Trinajstić information content (AvgIpc) is 2.90. The standard InChI is InChI=1S/C17H18O5/c1-19-15-6-11-12-8-21-13-5-9(18)3-4-10(13)17(12)22-14(11)7-16(15)20-2/h3-7,12,15-18H,8H2,1-2H3/t12-,15-,16+,17-/m0/s1. The Morgan fingerprint density at radius 1 is 1.14 bits per heavy atom. The summed E-state index contributed by atoms with van der Waals surface area (Å²) in [5.74, 6) is 1.87. The number of aromatic hydroxyl groups is 1. The van der Waals surface area contributed by atoms with Crippen LogP contribution in [0.4, 0.5) is 0 Å². The zero-order chi connectivity index (χ0) is 15.3. The molecule has 0 aromatic heterocycles. The molecule has 116 valence electrons. The number of phenols is 1. The summed E-state index contributed by atoms with van der Waals surface area (Å²) in [6.07, 6.45) is 3.69. The van der Waals surface area contributed by atoms with Crippen molar-refractivity contribution in [3.8, 4) is 11.5 Å². The molecule has 4 rings (SSSR count). The fourth-order valence-corrected chi connectivity index (χ4v) is 3.41. The first kappa shape index (κ1) is 13.7. The molecule has 0 radical (unpaired) electrons. The summed E-state index contributed by atoms with van der Waals surface area (Å²) in [5, 5.41) is 9.59. The van der Waals surface area contributed by atoms with Crippen molar-refractivity contribution in [1.82, 2.24) is 0 Å². The molecular weight excluding hydrogens is 284 g/mol. The normalized spacial score (nSPS) is 31.9. The topological polar surface area (TPSA) is 57.2 Å². The average molecular weight is 302 g/mol. The maximum Gasteiger partial charge on any atom is 0.138 e. The quantitative estimate of drug-likeness (QED) is 0.908. The number of benzene rings is 1.